The lowest BCUT2D eigenvalue weighted by Gasteiger charge is -2.71. The number of ether oxygens (including phenoxy) is 5. The molecule has 0 bridgehead atoms. The Morgan fingerprint density at radius 3 is 2.07 bits per heavy atom. The Balaban J connectivity index is 1.24. The van der Waals surface area contributed by atoms with Gasteiger partial charge < -0.3 is 64.5 Å². The summed E-state index contributed by atoms with van der Waals surface area (Å²) < 4.78 is 29.2. The summed E-state index contributed by atoms with van der Waals surface area (Å²) >= 11 is 0. The largest absolute Gasteiger partial charge is 0.463 e. The van der Waals surface area contributed by atoms with E-state index in [9.17, 15) is 45.6 Å². The average molecular weight is 825 g/mol. The molecular formula is C44H72O14. The summed E-state index contributed by atoms with van der Waals surface area (Å²) in [6.07, 6.45) is -7.63. The highest BCUT2D eigenvalue weighted by Crippen LogP contribution is 2.76. The molecule has 14 heteroatoms. The smallest absolute Gasteiger partial charge is 0.302 e. The summed E-state index contributed by atoms with van der Waals surface area (Å²) in [5.74, 6) is -2.07. The van der Waals surface area contributed by atoms with Crippen LogP contribution in [0.3, 0.4) is 0 Å². The summed E-state index contributed by atoms with van der Waals surface area (Å²) in [5, 5.41) is 89.3. The van der Waals surface area contributed by atoms with Crippen molar-refractivity contribution < 1.29 is 69.3 Å². The van der Waals surface area contributed by atoms with Crippen LogP contribution in [-0.2, 0) is 28.5 Å². The van der Waals surface area contributed by atoms with Gasteiger partial charge in [0.1, 0.15) is 55.4 Å². The molecule has 6 aliphatic rings. The molecule has 58 heavy (non-hydrogen) atoms. The van der Waals surface area contributed by atoms with Crippen molar-refractivity contribution in [2.75, 3.05) is 13.2 Å². The molecule has 2 saturated heterocycles. The van der Waals surface area contributed by atoms with Crippen LogP contribution in [0, 0.1) is 45.3 Å². The number of carbonyl (C=O) groups is 1. The van der Waals surface area contributed by atoms with Crippen LogP contribution >= 0.6 is 0 Å². The third-order valence-electron chi connectivity index (χ3n) is 16.6. The van der Waals surface area contributed by atoms with Crippen molar-refractivity contribution in [3.63, 3.8) is 0 Å². The molecule has 332 valence electrons. The fourth-order valence-electron chi connectivity index (χ4n) is 13.1. The van der Waals surface area contributed by atoms with Crippen molar-refractivity contribution in [1.29, 1.82) is 0 Å². The van der Waals surface area contributed by atoms with E-state index in [1.165, 1.54) is 11.1 Å². The number of rotatable bonds is 11. The first-order chi connectivity index (χ1) is 27.0. The van der Waals surface area contributed by atoms with Crippen molar-refractivity contribution >= 4 is 5.97 Å². The number of esters is 1. The maximum Gasteiger partial charge on any atom is 0.302 e. The molecule has 6 rings (SSSR count). The molecule has 0 unspecified atom stereocenters. The van der Waals surface area contributed by atoms with Gasteiger partial charge in [-0.25, -0.2) is 0 Å². The van der Waals surface area contributed by atoms with Gasteiger partial charge in [0.05, 0.1) is 12.7 Å². The van der Waals surface area contributed by atoms with Crippen LogP contribution in [0.25, 0.3) is 0 Å². The molecule has 0 aromatic carbocycles. The molecule has 8 N–H and O–H groups in total. The maximum atomic E-state index is 12.7. The normalized spacial score (nSPS) is 49.9. The predicted octanol–water partition coefficient (Wildman–Crippen LogP) is 2.85. The van der Waals surface area contributed by atoms with Crippen molar-refractivity contribution in [2.24, 2.45) is 45.3 Å². The Bertz CT molecular complexity index is 1530. The molecule has 0 aromatic rings. The van der Waals surface area contributed by atoms with E-state index >= 15 is 0 Å². The number of carbonyl (C=O) groups excluding carboxylic acids is 1. The molecule has 2 heterocycles. The molecule has 19 atom stereocenters. The summed E-state index contributed by atoms with van der Waals surface area (Å²) in [4.78, 5) is 11.5. The van der Waals surface area contributed by atoms with Crippen LogP contribution in [0.15, 0.2) is 23.8 Å². The fraction of sp³-hybridized carbons (Fsp3) is 0.886. The van der Waals surface area contributed by atoms with Gasteiger partial charge >= 0.3 is 5.97 Å². The molecule has 14 nitrogen and oxygen atoms in total. The van der Waals surface area contributed by atoms with Crippen LogP contribution < -0.4 is 0 Å². The lowest BCUT2D eigenvalue weighted by atomic mass is 9.35. The highest BCUT2D eigenvalue weighted by molar-refractivity contribution is 5.65. The first-order valence-electron chi connectivity index (χ1n) is 21.5. The van der Waals surface area contributed by atoms with Gasteiger partial charge in [-0.1, -0.05) is 58.4 Å². The van der Waals surface area contributed by atoms with Gasteiger partial charge in [-0.15, -0.1) is 0 Å². The first kappa shape index (κ1) is 46.0. The molecule has 0 amide bonds. The molecule has 0 radical (unpaired) electrons. The minimum atomic E-state index is -1.87. The third-order valence-corrected chi connectivity index (χ3v) is 16.6. The van der Waals surface area contributed by atoms with E-state index in [2.05, 4.69) is 47.3 Å². The van der Waals surface area contributed by atoms with Crippen LogP contribution in [0.5, 0.6) is 0 Å². The van der Waals surface area contributed by atoms with Gasteiger partial charge in [0.25, 0.3) is 0 Å². The monoisotopic (exact) mass is 824 g/mol. The zero-order chi connectivity index (χ0) is 42.9. The molecule has 0 spiro atoms. The van der Waals surface area contributed by atoms with Gasteiger partial charge in [-0.3, -0.25) is 4.79 Å². The van der Waals surface area contributed by atoms with Crippen molar-refractivity contribution in [1.82, 2.24) is 0 Å². The van der Waals surface area contributed by atoms with Gasteiger partial charge in [-0.2, -0.15) is 0 Å². The molecule has 6 fully saturated rings. The number of fused-ring (bicyclic) bond motifs is 5. The molecule has 2 aliphatic heterocycles. The Hall–Kier alpha value is -1.53. The Kier molecular flexibility index (Phi) is 13.2. The quantitative estimate of drug-likeness (QED) is 0.0650. The predicted molar refractivity (Wildman–Crippen MR) is 210 cm³/mol. The number of allylic oxidation sites excluding steroid dienone is 3. The number of aliphatic hydroxyl groups is 8. The molecular weight excluding hydrogens is 752 g/mol. The van der Waals surface area contributed by atoms with E-state index in [1.54, 1.807) is 0 Å². The van der Waals surface area contributed by atoms with E-state index in [4.69, 9.17) is 23.7 Å². The number of hydrogen-bond donors (Lipinski definition) is 8. The van der Waals surface area contributed by atoms with Crippen LogP contribution in [0.1, 0.15) is 113 Å². The number of hydrogen-bond acceptors (Lipinski definition) is 14. The lowest BCUT2D eigenvalue weighted by molar-refractivity contribution is -0.424. The standard InChI is InChI=1S/C44H72O14/c1-22(2)11-10-12-23(3)25-13-15-43(9)31(25)26(47)19-30-41(7)17-18-44(53,40(5,6)29(41)14-16-42(30,43)8)58-39-37(35(51)32(48)27(20-45)55-39)57-38-36(52)34(50)33(49)28(56-38)21-54-24(4)46/h11,25-39,45,47-53H,3,10,12-21H2,1-2,4-9H3/t25-,26-,27-,28-,29+,30-,31+,32-,33-,34+,35+,36-,37-,38+,39+,41+,42-,43-,44-/m1/s1. The number of aliphatic hydroxyl groups excluding tert-OH is 7. The summed E-state index contributed by atoms with van der Waals surface area (Å²) in [5.41, 5.74) is 1.13. The van der Waals surface area contributed by atoms with Gasteiger partial charge in [-0.05, 0) is 105 Å². The zero-order valence-electron chi connectivity index (χ0n) is 35.8. The first-order valence-corrected chi connectivity index (χ1v) is 21.5. The Labute approximate surface area is 343 Å². The topological polar surface area (TPSA) is 225 Å². The van der Waals surface area contributed by atoms with E-state index in [0.29, 0.717) is 12.8 Å². The average Bonchev–Trinajstić information content (AvgIpc) is 3.53. The molecule has 4 saturated carbocycles. The second-order valence-corrected chi connectivity index (χ2v) is 20.2. The van der Waals surface area contributed by atoms with Gasteiger partial charge in [0, 0.05) is 18.8 Å². The van der Waals surface area contributed by atoms with E-state index < -0.39 is 97.9 Å². The molecule has 4 aliphatic carbocycles. The minimum Gasteiger partial charge on any atom is -0.463 e. The van der Waals surface area contributed by atoms with Crippen molar-refractivity contribution in [3.8, 4) is 0 Å². The second kappa shape index (κ2) is 16.6. The van der Waals surface area contributed by atoms with E-state index in [-0.39, 0.29) is 46.3 Å². The highest BCUT2D eigenvalue weighted by Gasteiger charge is 2.72. The van der Waals surface area contributed by atoms with E-state index in [1.807, 2.05) is 13.8 Å². The van der Waals surface area contributed by atoms with Gasteiger partial charge in [0.15, 0.2) is 18.4 Å². The third kappa shape index (κ3) is 7.57. The summed E-state index contributed by atoms with van der Waals surface area (Å²) in [7, 11) is 0. The van der Waals surface area contributed by atoms with E-state index in [0.717, 1.165) is 45.4 Å². The van der Waals surface area contributed by atoms with Crippen LogP contribution in [0.2, 0.25) is 0 Å². The SMILES string of the molecule is C=C(CCC=C(C)C)[C@H]1CC[C@]2(C)[C@@H]1[C@H](O)C[C@@H]1[C@@]3(C)CC[C@@](O)(O[C@@H]4O[C@H](CO)[C@@H](O)[C@H](O)[C@H]4O[C@@H]4O[C@H](COC(C)=O)[C@@H](O)[C@H](O)[C@H]4O)C(C)(C)[C@@H]3CC[C@]12C. The highest BCUT2D eigenvalue weighted by atomic mass is 16.8. The summed E-state index contributed by atoms with van der Waals surface area (Å²) in [6, 6.07) is 0. The summed E-state index contributed by atoms with van der Waals surface area (Å²) in [6.45, 7) is 19.8. The maximum absolute atomic E-state index is 12.7. The Morgan fingerprint density at radius 2 is 1.43 bits per heavy atom. The Morgan fingerprint density at radius 1 is 0.793 bits per heavy atom. The fourth-order valence-corrected chi connectivity index (χ4v) is 13.1. The van der Waals surface area contributed by atoms with Crippen LogP contribution in [0.4, 0.5) is 0 Å². The second-order valence-electron chi connectivity index (χ2n) is 20.2. The van der Waals surface area contributed by atoms with Crippen LogP contribution in [-0.4, -0.2) is 133 Å². The zero-order valence-corrected chi connectivity index (χ0v) is 35.8. The lowest BCUT2D eigenvalue weighted by Crippen LogP contribution is -2.70. The van der Waals surface area contributed by atoms with Crippen molar-refractivity contribution in [3.05, 3.63) is 23.8 Å². The molecule has 0 aromatic heterocycles. The van der Waals surface area contributed by atoms with Crippen molar-refractivity contribution in [2.45, 2.75) is 186 Å². The minimum absolute atomic E-state index is 0.0736. The van der Waals surface area contributed by atoms with Gasteiger partial charge in [0.2, 0.25) is 0 Å².